The van der Waals surface area contributed by atoms with Crippen LogP contribution >= 0.6 is 0 Å². The summed E-state index contributed by atoms with van der Waals surface area (Å²) in [6.07, 6.45) is 2.23. The summed E-state index contributed by atoms with van der Waals surface area (Å²) >= 11 is 0. The van der Waals surface area contributed by atoms with Gasteiger partial charge in [-0.1, -0.05) is 31.2 Å². The summed E-state index contributed by atoms with van der Waals surface area (Å²) in [5.41, 5.74) is 1.06. The van der Waals surface area contributed by atoms with Crippen LogP contribution in [0, 0.1) is 0 Å². The van der Waals surface area contributed by atoms with Gasteiger partial charge in [-0.15, -0.1) is 0 Å². The zero-order chi connectivity index (χ0) is 13.4. The molecule has 1 aliphatic rings. The Morgan fingerprint density at radius 3 is 2.16 bits per heavy atom. The molecule has 2 aromatic rings. The molecule has 0 radical (unpaired) electrons. The van der Waals surface area contributed by atoms with E-state index in [0.717, 1.165) is 15.8 Å². The average Bonchev–Trinajstić information content (AvgIpc) is 2.44. The summed E-state index contributed by atoms with van der Waals surface area (Å²) in [6, 6.07) is 10.9. The van der Waals surface area contributed by atoms with E-state index in [-0.39, 0.29) is 11.8 Å². The minimum atomic E-state index is -0.362. The predicted molar refractivity (Wildman–Crippen MR) is 73.2 cm³/mol. The first-order valence-corrected chi connectivity index (χ1v) is 6.17. The van der Waals surface area contributed by atoms with Crippen molar-refractivity contribution in [3.05, 3.63) is 47.5 Å². The molecule has 0 unspecified atom stereocenters. The number of carbonyl (C=O) groups is 2. The van der Waals surface area contributed by atoms with E-state index >= 15 is 0 Å². The van der Waals surface area contributed by atoms with E-state index in [0.29, 0.717) is 17.5 Å². The van der Waals surface area contributed by atoms with Crippen LogP contribution in [0.15, 0.2) is 41.5 Å². The van der Waals surface area contributed by atoms with Gasteiger partial charge in [-0.05, 0) is 23.9 Å². The van der Waals surface area contributed by atoms with Crippen LogP contribution < -0.4 is 0 Å². The Kier molecular flexibility index (Phi) is 2.63. The first-order valence-electron chi connectivity index (χ1n) is 6.17. The van der Waals surface area contributed by atoms with Gasteiger partial charge >= 0.3 is 0 Å². The van der Waals surface area contributed by atoms with Crippen molar-refractivity contribution in [2.45, 2.75) is 13.3 Å². The molecule has 94 valence electrons. The lowest BCUT2D eigenvalue weighted by molar-refractivity contribution is 0.0616. The summed E-state index contributed by atoms with van der Waals surface area (Å²) in [7, 11) is 0. The van der Waals surface area contributed by atoms with Crippen molar-refractivity contribution in [2.24, 2.45) is 5.10 Å². The molecule has 0 fully saturated rings. The van der Waals surface area contributed by atoms with Gasteiger partial charge in [-0.3, -0.25) is 9.59 Å². The third kappa shape index (κ3) is 1.64. The van der Waals surface area contributed by atoms with Crippen LogP contribution in [-0.4, -0.2) is 23.0 Å². The zero-order valence-corrected chi connectivity index (χ0v) is 10.5. The van der Waals surface area contributed by atoms with Gasteiger partial charge in [0.25, 0.3) is 11.8 Å². The molecule has 4 nitrogen and oxygen atoms in total. The highest BCUT2D eigenvalue weighted by Gasteiger charge is 2.32. The molecule has 0 saturated carbocycles. The van der Waals surface area contributed by atoms with Crippen molar-refractivity contribution >= 4 is 28.8 Å². The van der Waals surface area contributed by atoms with Crippen molar-refractivity contribution in [1.29, 1.82) is 0 Å². The molecule has 0 atom stereocenters. The van der Waals surface area contributed by atoms with Crippen LogP contribution in [0.25, 0.3) is 10.8 Å². The lowest BCUT2D eigenvalue weighted by Crippen LogP contribution is -2.36. The first-order chi connectivity index (χ1) is 9.24. The van der Waals surface area contributed by atoms with Crippen molar-refractivity contribution < 1.29 is 9.59 Å². The summed E-state index contributed by atoms with van der Waals surface area (Å²) in [4.78, 5) is 24.6. The van der Waals surface area contributed by atoms with E-state index in [1.165, 1.54) is 0 Å². The van der Waals surface area contributed by atoms with E-state index < -0.39 is 0 Å². The van der Waals surface area contributed by atoms with Crippen molar-refractivity contribution in [2.75, 3.05) is 0 Å². The lowest BCUT2D eigenvalue weighted by Gasteiger charge is -2.22. The summed E-state index contributed by atoms with van der Waals surface area (Å²) in [5.74, 6) is -0.724. The fraction of sp³-hybridized carbons (Fsp3) is 0.133. The third-order valence-corrected chi connectivity index (χ3v) is 3.13. The highest BCUT2D eigenvalue weighted by Crippen LogP contribution is 2.29. The quantitative estimate of drug-likeness (QED) is 0.609. The van der Waals surface area contributed by atoms with E-state index in [4.69, 9.17) is 0 Å². The molecule has 3 rings (SSSR count). The molecule has 1 heterocycles. The van der Waals surface area contributed by atoms with Crippen molar-refractivity contribution in [1.82, 2.24) is 5.01 Å². The molecule has 2 amide bonds. The molecule has 4 heteroatoms. The molecule has 0 saturated heterocycles. The Morgan fingerprint density at radius 2 is 1.63 bits per heavy atom. The van der Waals surface area contributed by atoms with Crippen molar-refractivity contribution in [3.63, 3.8) is 0 Å². The molecule has 2 aromatic carbocycles. The Hall–Kier alpha value is -2.49. The van der Waals surface area contributed by atoms with Crippen LogP contribution in [-0.2, 0) is 0 Å². The molecular weight excluding hydrogens is 240 g/mol. The number of rotatable bonds is 2. The van der Waals surface area contributed by atoms with E-state index in [1.807, 2.05) is 31.2 Å². The van der Waals surface area contributed by atoms with Crippen LogP contribution in [0.1, 0.15) is 34.1 Å². The number of hydrazone groups is 1. The van der Waals surface area contributed by atoms with Gasteiger partial charge < -0.3 is 0 Å². The molecule has 19 heavy (non-hydrogen) atoms. The monoisotopic (exact) mass is 252 g/mol. The second-order valence-electron chi connectivity index (χ2n) is 4.34. The highest BCUT2D eigenvalue weighted by atomic mass is 16.2. The number of imide groups is 1. The standard InChI is InChI=1S/C15H12N2O2/c1-2-9-16-17-14(18)11-7-3-5-10-6-4-8-12(13(10)11)15(17)19/h3-9H,2H2,1H3/b16-9+. The Morgan fingerprint density at radius 1 is 1.05 bits per heavy atom. The fourth-order valence-electron chi connectivity index (χ4n) is 2.29. The maximum atomic E-state index is 12.3. The van der Waals surface area contributed by atoms with Crippen LogP contribution in [0.5, 0.6) is 0 Å². The number of hydrogen-bond acceptors (Lipinski definition) is 3. The van der Waals surface area contributed by atoms with E-state index in [2.05, 4.69) is 5.10 Å². The maximum absolute atomic E-state index is 12.3. The molecule has 0 aromatic heterocycles. The summed E-state index contributed by atoms with van der Waals surface area (Å²) in [5, 5.41) is 6.53. The average molecular weight is 252 g/mol. The zero-order valence-electron chi connectivity index (χ0n) is 10.5. The maximum Gasteiger partial charge on any atom is 0.282 e. The Balaban J connectivity index is 2.28. The second kappa shape index (κ2) is 4.31. The predicted octanol–water partition coefficient (Wildman–Crippen LogP) is 2.83. The number of amides is 2. The number of nitrogens with zero attached hydrogens (tertiary/aromatic N) is 2. The smallest absolute Gasteiger partial charge is 0.267 e. The molecular formula is C15H12N2O2. The van der Waals surface area contributed by atoms with Gasteiger partial charge in [0.2, 0.25) is 0 Å². The van der Waals surface area contributed by atoms with E-state index in [1.54, 1.807) is 18.3 Å². The Labute approximate surface area is 110 Å². The molecule has 0 aliphatic carbocycles. The van der Waals surface area contributed by atoms with Gasteiger partial charge in [0.15, 0.2) is 0 Å². The summed E-state index contributed by atoms with van der Waals surface area (Å²) in [6.45, 7) is 1.90. The summed E-state index contributed by atoms with van der Waals surface area (Å²) < 4.78 is 0. The number of hydrogen-bond donors (Lipinski definition) is 0. The van der Waals surface area contributed by atoms with Gasteiger partial charge in [-0.25, -0.2) is 0 Å². The van der Waals surface area contributed by atoms with Gasteiger partial charge in [-0.2, -0.15) is 10.1 Å². The Bertz CT molecular complexity index is 668. The molecule has 0 N–H and O–H groups in total. The minimum Gasteiger partial charge on any atom is -0.267 e. The van der Waals surface area contributed by atoms with Crippen LogP contribution in [0.2, 0.25) is 0 Å². The first kappa shape index (κ1) is 11.6. The number of carbonyl (C=O) groups excluding carboxylic acids is 2. The van der Waals surface area contributed by atoms with Gasteiger partial charge in [0.1, 0.15) is 0 Å². The van der Waals surface area contributed by atoms with Gasteiger partial charge in [0.05, 0.1) is 11.1 Å². The largest absolute Gasteiger partial charge is 0.282 e. The number of benzene rings is 2. The SMILES string of the molecule is CC/C=N/N1C(=O)c2cccc3cccc(c23)C1=O. The van der Waals surface area contributed by atoms with Crippen LogP contribution in [0.3, 0.4) is 0 Å². The van der Waals surface area contributed by atoms with Gasteiger partial charge in [0, 0.05) is 11.6 Å². The lowest BCUT2D eigenvalue weighted by atomic mass is 9.95. The molecule has 1 aliphatic heterocycles. The van der Waals surface area contributed by atoms with Crippen LogP contribution in [0.4, 0.5) is 0 Å². The van der Waals surface area contributed by atoms with Crippen molar-refractivity contribution in [3.8, 4) is 0 Å². The minimum absolute atomic E-state index is 0.362. The van der Waals surface area contributed by atoms with E-state index in [9.17, 15) is 9.59 Å². The fourth-order valence-corrected chi connectivity index (χ4v) is 2.29. The molecule has 0 bridgehead atoms. The highest BCUT2D eigenvalue weighted by molar-refractivity contribution is 6.25. The molecule has 0 spiro atoms. The second-order valence-corrected chi connectivity index (χ2v) is 4.34. The normalized spacial score (nSPS) is 14.7. The third-order valence-electron chi connectivity index (χ3n) is 3.13. The topological polar surface area (TPSA) is 49.7 Å².